The number of hydrogen-bond donors (Lipinski definition) is 1. The zero-order valence-electron chi connectivity index (χ0n) is 17.2. The minimum Gasteiger partial charge on any atom is -0.399 e. The molecular weight excluding hydrogens is 374 g/mol. The van der Waals surface area contributed by atoms with Gasteiger partial charge in [0, 0.05) is 12.1 Å². The van der Waals surface area contributed by atoms with Crippen molar-refractivity contribution in [1.29, 1.82) is 0 Å². The first-order valence-corrected chi connectivity index (χ1v) is 10.5. The summed E-state index contributed by atoms with van der Waals surface area (Å²) in [4.78, 5) is 0. The van der Waals surface area contributed by atoms with Crippen LogP contribution in [0.15, 0.2) is 84.9 Å². The average molecular weight is 404 g/mol. The highest BCUT2D eigenvalue weighted by Gasteiger charge is 2.36. The van der Waals surface area contributed by atoms with E-state index < -0.39 is 0 Å². The molecule has 4 heteroatoms. The largest absolute Gasteiger partial charge is 0.399 e. The number of hydrogen-bond acceptors (Lipinski definition) is 4. The van der Waals surface area contributed by atoms with Gasteiger partial charge < -0.3 is 19.9 Å². The standard InChI is InChI=1S/C26H29NO3/c27-23-13-11-20(12-14-23)15-24-16-25(29-18-22-9-5-2-6-10-22)26(30-24)19-28-17-21-7-3-1-4-8-21/h1-14,24-26H,15-19,27H2/t24?,25-,26+/m0/s1. The molecule has 0 radical (unpaired) electrons. The zero-order valence-corrected chi connectivity index (χ0v) is 17.2. The number of nitrogens with two attached hydrogens (primary N) is 1. The fraction of sp³-hybridized carbons (Fsp3) is 0.308. The summed E-state index contributed by atoms with van der Waals surface area (Å²) in [5, 5.41) is 0. The summed E-state index contributed by atoms with van der Waals surface area (Å²) in [6, 6.07) is 28.5. The number of nitrogen functional groups attached to an aromatic ring is 1. The second-order valence-electron chi connectivity index (χ2n) is 7.81. The topological polar surface area (TPSA) is 53.7 Å². The van der Waals surface area contributed by atoms with Crippen LogP contribution in [0.1, 0.15) is 23.1 Å². The summed E-state index contributed by atoms with van der Waals surface area (Å²) in [5.41, 5.74) is 10.1. The molecule has 0 spiro atoms. The molecule has 1 saturated heterocycles. The predicted molar refractivity (Wildman–Crippen MR) is 119 cm³/mol. The quantitative estimate of drug-likeness (QED) is 0.523. The number of anilines is 1. The minimum atomic E-state index is -0.0730. The van der Waals surface area contributed by atoms with Crippen molar-refractivity contribution in [2.45, 2.75) is 44.4 Å². The maximum atomic E-state index is 6.35. The Morgan fingerprint density at radius 2 is 1.40 bits per heavy atom. The highest BCUT2D eigenvalue weighted by atomic mass is 16.6. The first-order valence-electron chi connectivity index (χ1n) is 10.5. The molecule has 1 aliphatic heterocycles. The lowest BCUT2D eigenvalue weighted by Gasteiger charge is -2.19. The third-order valence-electron chi connectivity index (χ3n) is 5.42. The molecule has 0 saturated carbocycles. The Labute approximate surface area is 178 Å². The fourth-order valence-electron chi connectivity index (χ4n) is 3.82. The maximum absolute atomic E-state index is 6.35. The molecule has 156 valence electrons. The third kappa shape index (κ3) is 5.92. The van der Waals surface area contributed by atoms with E-state index in [0.717, 1.165) is 24.1 Å². The van der Waals surface area contributed by atoms with E-state index in [1.165, 1.54) is 11.1 Å². The van der Waals surface area contributed by atoms with Crippen LogP contribution in [0.25, 0.3) is 0 Å². The lowest BCUT2D eigenvalue weighted by atomic mass is 10.0. The highest BCUT2D eigenvalue weighted by Crippen LogP contribution is 2.27. The van der Waals surface area contributed by atoms with Crippen molar-refractivity contribution in [1.82, 2.24) is 0 Å². The number of rotatable bonds is 9. The van der Waals surface area contributed by atoms with Crippen molar-refractivity contribution in [3.8, 4) is 0 Å². The molecule has 30 heavy (non-hydrogen) atoms. The first kappa shape index (κ1) is 20.6. The van der Waals surface area contributed by atoms with Crippen molar-refractivity contribution >= 4 is 5.69 Å². The molecule has 4 nitrogen and oxygen atoms in total. The Morgan fingerprint density at radius 1 is 0.767 bits per heavy atom. The maximum Gasteiger partial charge on any atom is 0.107 e. The zero-order chi connectivity index (χ0) is 20.6. The van der Waals surface area contributed by atoms with Crippen LogP contribution in [0.2, 0.25) is 0 Å². The molecule has 4 rings (SSSR count). The SMILES string of the molecule is Nc1ccc(CC2C[C@H](OCc3ccccc3)[C@@H](COCc3ccccc3)O2)cc1. The number of ether oxygens (including phenoxy) is 3. The third-order valence-corrected chi connectivity index (χ3v) is 5.42. The molecule has 3 atom stereocenters. The van der Waals surface area contributed by atoms with E-state index in [2.05, 4.69) is 36.4 Å². The van der Waals surface area contributed by atoms with Crippen LogP contribution in [-0.4, -0.2) is 24.9 Å². The van der Waals surface area contributed by atoms with Crippen LogP contribution in [0.4, 0.5) is 5.69 Å². The Bertz CT molecular complexity index is 883. The molecule has 2 N–H and O–H groups in total. The molecule has 1 unspecified atom stereocenters. The van der Waals surface area contributed by atoms with Gasteiger partial charge >= 0.3 is 0 Å². The van der Waals surface area contributed by atoms with Gasteiger partial charge in [-0.3, -0.25) is 0 Å². The number of benzene rings is 3. The molecule has 3 aromatic rings. The van der Waals surface area contributed by atoms with E-state index >= 15 is 0 Å². The Hall–Kier alpha value is -2.66. The van der Waals surface area contributed by atoms with Gasteiger partial charge in [0.25, 0.3) is 0 Å². The van der Waals surface area contributed by atoms with E-state index in [4.69, 9.17) is 19.9 Å². The Morgan fingerprint density at radius 3 is 2.07 bits per heavy atom. The van der Waals surface area contributed by atoms with Gasteiger partial charge in [-0.25, -0.2) is 0 Å². The van der Waals surface area contributed by atoms with Crippen LogP contribution in [0.3, 0.4) is 0 Å². The first-order chi connectivity index (χ1) is 14.8. The molecule has 0 aromatic heterocycles. The second kappa shape index (κ2) is 10.4. The van der Waals surface area contributed by atoms with E-state index in [1.807, 2.05) is 48.5 Å². The van der Waals surface area contributed by atoms with Gasteiger partial charge in [-0.05, 0) is 35.2 Å². The van der Waals surface area contributed by atoms with E-state index in [0.29, 0.717) is 19.8 Å². The van der Waals surface area contributed by atoms with Gasteiger partial charge in [0.15, 0.2) is 0 Å². The van der Waals surface area contributed by atoms with Crippen molar-refractivity contribution in [2.24, 2.45) is 0 Å². The smallest absolute Gasteiger partial charge is 0.107 e. The summed E-state index contributed by atoms with van der Waals surface area (Å²) in [7, 11) is 0. The monoisotopic (exact) mass is 403 g/mol. The van der Waals surface area contributed by atoms with Gasteiger partial charge in [0.05, 0.1) is 32.0 Å². The van der Waals surface area contributed by atoms with Gasteiger partial charge in [0.1, 0.15) is 6.10 Å². The summed E-state index contributed by atoms with van der Waals surface area (Å²) >= 11 is 0. The van der Waals surface area contributed by atoms with Gasteiger partial charge in [0.2, 0.25) is 0 Å². The normalized spacial score (nSPS) is 21.0. The average Bonchev–Trinajstić information content (AvgIpc) is 3.17. The Balaban J connectivity index is 1.35. The predicted octanol–water partition coefficient (Wildman–Crippen LogP) is 4.77. The molecule has 0 amide bonds. The minimum absolute atomic E-state index is 0.0137. The molecular formula is C26H29NO3. The highest BCUT2D eigenvalue weighted by molar-refractivity contribution is 5.39. The van der Waals surface area contributed by atoms with E-state index in [9.17, 15) is 0 Å². The van der Waals surface area contributed by atoms with Crippen molar-refractivity contribution in [2.75, 3.05) is 12.3 Å². The van der Waals surface area contributed by atoms with Crippen LogP contribution < -0.4 is 5.73 Å². The van der Waals surface area contributed by atoms with E-state index in [1.54, 1.807) is 0 Å². The van der Waals surface area contributed by atoms with Crippen molar-refractivity contribution in [3.63, 3.8) is 0 Å². The van der Waals surface area contributed by atoms with Gasteiger partial charge in [-0.2, -0.15) is 0 Å². The fourth-order valence-corrected chi connectivity index (χ4v) is 3.82. The van der Waals surface area contributed by atoms with Crippen LogP contribution in [0.5, 0.6) is 0 Å². The van der Waals surface area contributed by atoms with Crippen LogP contribution in [-0.2, 0) is 33.8 Å². The van der Waals surface area contributed by atoms with Gasteiger partial charge in [-0.1, -0.05) is 72.8 Å². The second-order valence-corrected chi connectivity index (χ2v) is 7.81. The van der Waals surface area contributed by atoms with E-state index in [-0.39, 0.29) is 18.3 Å². The van der Waals surface area contributed by atoms with Crippen molar-refractivity contribution in [3.05, 3.63) is 102 Å². The molecule has 3 aromatic carbocycles. The summed E-state index contributed by atoms with van der Waals surface area (Å²) < 4.78 is 18.6. The van der Waals surface area contributed by atoms with Crippen LogP contribution >= 0.6 is 0 Å². The molecule has 1 fully saturated rings. The van der Waals surface area contributed by atoms with Crippen molar-refractivity contribution < 1.29 is 14.2 Å². The van der Waals surface area contributed by atoms with Crippen LogP contribution in [0, 0.1) is 0 Å². The molecule has 0 bridgehead atoms. The molecule has 0 aliphatic carbocycles. The van der Waals surface area contributed by atoms with Gasteiger partial charge in [-0.15, -0.1) is 0 Å². The molecule has 1 aliphatic rings. The summed E-state index contributed by atoms with van der Waals surface area (Å²) in [6.07, 6.45) is 1.76. The summed E-state index contributed by atoms with van der Waals surface area (Å²) in [6.45, 7) is 1.68. The molecule has 1 heterocycles. The summed E-state index contributed by atoms with van der Waals surface area (Å²) in [5.74, 6) is 0. The lowest BCUT2D eigenvalue weighted by Crippen LogP contribution is -2.29. The lowest BCUT2D eigenvalue weighted by molar-refractivity contribution is -0.0708. The Kier molecular flexibility index (Phi) is 7.14.